The van der Waals surface area contributed by atoms with Crippen molar-refractivity contribution in [3.8, 4) is 17.4 Å². The van der Waals surface area contributed by atoms with E-state index in [0.29, 0.717) is 5.69 Å². The van der Waals surface area contributed by atoms with Crippen LogP contribution in [0.15, 0.2) is 62.4 Å². The zero-order valence-electron chi connectivity index (χ0n) is 11.2. The van der Waals surface area contributed by atoms with Gasteiger partial charge < -0.3 is 9.52 Å². The van der Waals surface area contributed by atoms with Crippen LogP contribution in [0.5, 0.6) is 5.95 Å². The number of benzene rings is 2. The number of aromatic nitrogens is 1. The molecule has 0 unspecified atom stereocenters. The van der Waals surface area contributed by atoms with E-state index < -0.39 is 0 Å². The Morgan fingerprint density at radius 3 is 2.59 bits per heavy atom. The Labute approximate surface area is 134 Å². The molecular formula is C16H10BrFN2O2. The molecule has 22 heavy (non-hydrogen) atoms. The predicted molar refractivity (Wildman–Crippen MR) is 85.0 cm³/mol. The molecule has 0 amide bonds. The Hall–Kier alpha value is -2.47. The van der Waals surface area contributed by atoms with Crippen LogP contribution >= 0.6 is 15.9 Å². The van der Waals surface area contributed by atoms with E-state index in [0.717, 1.165) is 10.0 Å². The van der Waals surface area contributed by atoms with E-state index in [1.807, 2.05) is 24.3 Å². The molecule has 0 radical (unpaired) electrons. The number of aromatic hydroxyl groups is 1. The Morgan fingerprint density at radius 1 is 1.14 bits per heavy atom. The van der Waals surface area contributed by atoms with E-state index in [1.54, 1.807) is 0 Å². The summed E-state index contributed by atoms with van der Waals surface area (Å²) in [5, 5.41) is 9.81. The molecule has 1 N–H and O–H groups in total. The van der Waals surface area contributed by atoms with Crippen LogP contribution in [0, 0.1) is 5.82 Å². The lowest BCUT2D eigenvalue weighted by Gasteiger charge is -1.97. The molecule has 4 nitrogen and oxygen atoms in total. The van der Waals surface area contributed by atoms with Crippen molar-refractivity contribution in [1.82, 2.24) is 4.98 Å². The van der Waals surface area contributed by atoms with E-state index in [1.165, 1.54) is 30.5 Å². The highest BCUT2D eigenvalue weighted by Gasteiger charge is 2.14. The van der Waals surface area contributed by atoms with Crippen molar-refractivity contribution in [3.63, 3.8) is 0 Å². The molecule has 1 aromatic heterocycles. The Morgan fingerprint density at radius 2 is 1.86 bits per heavy atom. The summed E-state index contributed by atoms with van der Waals surface area (Å²) in [6, 6.07) is 13.0. The van der Waals surface area contributed by atoms with Gasteiger partial charge in [0.05, 0.1) is 17.5 Å². The van der Waals surface area contributed by atoms with Crippen molar-refractivity contribution in [2.24, 2.45) is 4.99 Å². The lowest BCUT2D eigenvalue weighted by molar-refractivity contribution is 0.337. The minimum absolute atomic E-state index is 0.204. The molecule has 1 heterocycles. The fourth-order valence-electron chi connectivity index (χ4n) is 1.82. The number of oxazole rings is 1. The summed E-state index contributed by atoms with van der Waals surface area (Å²) >= 11 is 3.40. The van der Waals surface area contributed by atoms with Crippen LogP contribution in [0.3, 0.4) is 0 Å². The Bertz CT molecular complexity index is 828. The van der Waals surface area contributed by atoms with Gasteiger partial charge in [-0.15, -0.1) is 0 Å². The van der Waals surface area contributed by atoms with E-state index in [-0.39, 0.29) is 23.3 Å². The molecule has 0 fully saturated rings. The van der Waals surface area contributed by atoms with Crippen molar-refractivity contribution in [2.45, 2.75) is 0 Å². The second-order valence-electron chi connectivity index (χ2n) is 4.42. The first kappa shape index (κ1) is 14.5. The summed E-state index contributed by atoms with van der Waals surface area (Å²) < 4.78 is 18.9. The molecule has 0 spiro atoms. The summed E-state index contributed by atoms with van der Waals surface area (Å²) in [6.45, 7) is 0. The fourth-order valence-corrected chi connectivity index (χ4v) is 2.28. The number of halogens is 2. The minimum atomic E-state index is -0.334. The van der Waals surface area contributed by atoms with Gasteiger partial charge in [0.25, 0.3) is 0 Å². The molecule has 2 aromatic carbocycles. The molecule has 0 atom stereocenters. The van der Waals surface area contributed by atoms with Gasteiger partial charge in [-0.25, -0.2) is 9.37 Å². The quantitative estimate of drug-likeness (QED) is 0.688. The first-order valence-corrected chi connectivity index (χ1v) is 7.17. The smallest absolute Gasteiger partial charge is 0.312 e. The summed E-state index contributed by atoms with van der Waals surface area (Å²) in [6.07, 6.45) is 1.37. The van der Waals surface area contributed by atoms with Gasteiger partial charge in [-0.05, 0) is 52.3 Å². The maximum Gasteiger partial charge on any atom is 0.312 e. The molecule has 6 heteroatoms. The summed E-state index contributed by atoms with van der Waals surface area (Å²) in [4.78, 5) is 8.33. The molecule has 0 aliphatic carbocycles. The summed E-state index contributed by atoms with van der Waals surface area (Å²) in [7, 11) is 0. The van der Waals surface area contributed by atoms with E-state index in [2.05, 4.69) is 25.9 Å². The molecule has 0 saturated carbocycles. The van der Waals surface area contributed by atoms with Gasteiger partial charge in [-0.2, -0.15) is 0 Å². The molecule has 0 bridgehead atoms. The molecule has 0 aliphatic rings. The zero-order valence-corrected chi connectivity index (χ0v) is 12.8. The fraction of sp³-hybridized carbons (Fsp3) is 0. The second kappa shape index (κ2) is 6.11. The van der Waals surface area contributed by atoms with Gasteiger partial charge in [-0.3, -0.25) is 4.99 Å². The monoisotopic (exact) mass is 360 g/mol. The molecule has 110 valence electrons. The first-order chi connectivity index (χ1) is 10.6. The van der Waals surface area contributed by atoms with Crippen LogP contribution in [0.2, 0.25) is 0 Å². The van der Waals surface area contributed by atoms with Crippen LogP contribution in [0.4, 0.5) is 10.1 Å². The maximum absolute atomic E-state index is 12.8. The van der Waals surface area contributed by atoms with Crippen molar-refractivity contribution in [2.75, 3.05) is 0 Å². The van der Waals surface area contributed by atoms with Crippen molar-refractivity contribution in [3.05, 3.63) is 64.5 Å². The predicted octanol–water partition coefficient (Wildman–Crippen LogP) is 4.70. The average molecular weight is 361 g/mol. The van der Waals surface area contributed by atoms with Crippen LogP contribution in [0.25, 0.3) is 11.5 Å². The third-order valence-electron chi connectivity index (χ3n) is 2.90. The summed E-state index contributed by atoms with van der Waals surface area (Å²) in [5.41, 5.74) is 1.47. The number of hydrogen-bond donors (Lipinski definition) is 1. The van der Waals surface area contributed by atoms with Crippen LogP contribution in [-0.4, -0.2) is 16.3 Å². The standard InChI is InChI=1S/C16H10BrFN2O2/c17-13-4-2-1-3-12(13)15-20-14(16(21)22-15)9-19-11-7-5-10(18)6-8-11/h1-9,21H. The van der Waals surface area contributed by atoms with Crippen LogP contribution in [-0.2, 0) is 0 Å². The van der Waals surface area contributed by atoms with Crippen LogP contribution < -0.4 is 0 Å². The highest BCUT2D eigenvalue weighted by molar-refractivity contribution is 9.10. The Balaban J connectivity index is 1.90. The van der Waals surface area contributed by atoms with E-state index in [4.69, 9.17) is 4.42 Å². The van der Waals surface area contributed by atoms with E-state index >= 15 is 0 Å². The third kappa shape index (κ3) is 3.07. The van der Waals surface area contributed by atoms with Gasteiger partial charge in [-0.1, -0.05) is 12.1 Å². The van der Waals surface area contributed by atoms with Crippen molar-refractivity contribution >= 4 is 27.8 Å². The largest absolute Gasteiger partial charge is 0.479 e. The van der Waals surface area contributed by atoms with Gasteiger partial charge in [0.15, 0.2) is 5.69 Å². The Kier molecular flexibility index (Phi) is 4.02. The number of rotatable bonds is 3. The SMILES string of the molecule is Oc1oc(-c2ccccc2Br)nc1C=Nc1ccc(F)cc1. The minimum Gasteiger partial charge on any atom is -0.479 e. The lowest BCUT2D eigenvalue weighted by atomic mass is 10.2. The number of hydrogen-bond acceptors (Lipinski definition) is 4. The molecular weight excluding hydrogens is 351 g/mol. The van der Waals surface area contributed by atoms with Crippen LogP contribution in [0.1, 0.15) is 5.69 Å². The normalized spacial score (nSPS) is 11.2. The summed E-state index contributed by atoms with van der Waals surface area (Å²) in [5.74, 6) is -0.374. The first-order valence-electron chi connectivity index (χ1n) is 6.38. The highest BCUT2D eigenvalue weighted by atomic mass is 79.9. The topological polar surface area (TPSA) is 58.6 Å². The third-order valence-corrected chi connectivity index (χ3v) is 3.59. The lowest BCUT2D eigenvalue weighted by Crippen LogP contribution is -1.83. The number of aliphatic imine (C=N–C) groups is 1. The molecule has 0 saturated heterocycles. The number of nitrogens with zero attached hydrogens (tertiary/aromatic N) is 2. The van der Waals surface area contributed by atoms with Gasteiger partial charge in [0.2, 0.25) is 5.89 Å². The van der Waals surface area contributed by atoms with Gasteiger partial charge in [0.1, 0.15) is 5.82 Å². The molecule has 3 rings (SSSR count). The van der Waals surface area contributed by atoms with Crippen molar-refractivity contribution < 1.29 is 13.9 Å². The van der Waals surface area contributed by atoms with Gasteiger partial charge >= 0.3 is 5.95 Å². The second-order valence-corrected chi connectivity index (χ2v) is 5.28. The molecule has 3 aromatic rings. The molecule has 0 aliphatic heterocycles. The zero-order chi connectivity index (χ0) is 15.5. The average Bonchev–Trinajstić information content (AvgIpc) is 2.88. The maximum atomic E-state index is 12.8. The van der Waals surface area contributed by atoms with E-state index in [9.17, 15) is 9.50 Å². The van der Waals surface area contributed by atoms with Crippen molar-refractivity contribution in [1.29, 1.82) is 0 Å². The van der Waals surface area contributed by atoms with Gasteiger partial charge in [0, 0.05) is 4.47 Å². The highest BCUT2D eigenvalue weighted by Crippen LogP contribution is 2.31.